The normalized spacial score (nSPS) is 14.9. The maximum atomic E-state index is 12.9. The van der Waals surface area contributed by atoms with E-state index in [0.29, 0.717) is 11.6 Å². The fourth-order valence-electron chi connectivity index (χ4n) is 2.91. The predicted octanol–water partition coefficient (Wildman–Crippen LogP) is 3.64. The standard InChI is InChI=1S/C20H20N4O/c1-14(15-9-11-21-12-10-15)22-20(25)19-13-18(16-7-8-16)23-24(19)17-5-3-2-4-6-17/h2-6,9-14,16H,7-8H2,1H3,(H,22,25). The summed E-state index contributed by atoms with van der Waals surface area (Å²) in [5.74, 6) is 0.377. The minimum absolute atomic E-state index is 0.0981. The Kier molecular flexibility index (Phi) is 4.06. The number of nitrogens with one attached hydrogen (secondary N) is 1. The van der Waals surface area contributed by atoms with Crippen LogP contribution in [0.4, 0.5) is 0 Å². The molecule has 1 saturated carbocycles. The van der Waals surface area contributed by atoms with Gasteiger partial charge in [-0.25, -0.2) is 4.68 Å². The van der Waals surface area contributed by atoms with Gasteiger partial charge in [-0.3, -0.25) is 9.78 Å². The molecule has 2 aromatic heterocycles. The largest absolute Gasteiger partial charge is 0.344 e. The summed E-state index contributed by atoms with van der Waals surface area (Å²) in [5, 5.41) is 7.76. The van der Waals surface area contributed by atoms with Gasteiger partial charge in [-0.05, 0) is 55.7 Å². The predicted molar refractivity (Wildman–Crippen MR) is 95.7 cm³/mol. The molecule has 1 N–H and O–H groups in total. The molecular weight excluding hydrogens is 312 g/mol. The van der Waals surface area contributed by atoms with Crippen LogP contribution in [0.2, 0.25) is 0 Å². The fourth-order valence-corrected chi connectivity index (χ4v) is 2.91. The number of pyridine rings is 1. The smallest absolute Gasteiger partial charge is 0.270 e. The lowest BCUT2D eigenvalue weighted by molar-refractivity contribution is 0.0932. The number of carbonyl (C=O) groups is 1. The van der Waals surface area contributed by atoms with Crippen LogP contribution in [-0.2, 0) is 0 Å². The summed E-state index contributed by atoms with van der Waals surface area (Å²) in [5.41, 5.74) is 3.51. The third-order valence-electron chi connectivity index (χ3n) is 4.51. The average Bonchev–Trinajstić information content (AvgIpc) is 3.41. The second-order valence-corrected chi connectivity index (χ2v) is 6.45. The molecule has 1 fully saturated rings. The molecule has 0 bridgehead atoms. The highest BCUT2D eigenvalue weighted by molar-refractivity contribution is 5.93. The Hall–Kier alpha value is -2.95. The van der Waals surface area contributed by atoms with Crippen LogP contribution in [0.25, 0.3) is 5.69 Å². The molecule has 1 amide bonds. The Morgan fingerprint density at radius 2 is 1.88 bits per heavy atom. The molecule has 1 aliphatic carbocycles. The van der Waals surface area contributed by atoms with Gasteiger partial charge in [0.2, 0.25) is 0 Å². The molecule has 0 saturated heterocycles. The number of amides is 1. The van der Waals surface area contributed by atoms with Crippen LogP contribution in [0.3, 0.4) is 0 Å². The highest BCUT2D eigenvalue weighted by atomic mass is 16.2. The zero-order chi connectivity index (χ0) is 17.2. The van der Waals surface area contributed by atoms with E-state index in [1.807, 2.05) is 55.5 Å². The lowest BCUT2D eigenvalue weighted by atomic mass is 10.1. The second-order valence-electron chi connectivity index (χ2n) is 6.45. The Morgan fingerprint density at radius 3 is 2.56 bits per heavy atom. The van der Waals surface area contributed by atoms with Crippen molar-refractivity contribution in [1.82, 2.24) is 20.1 Å². The Labute approximate surface area is 146 Å². The Morgan fingerprint density at radius 1 is 1.16 bits per heavy atom. The summed E-state index contributed by atoms with van der Waals surface area (Å²) in [7, 11) is 0. The first-order valence-corrected chi connectivity index (χ1v) is 8.58. The van der Waals surface area contributed by atoms with Gasteiger partial charge in [0.05, 0.1) is 17.4 Å². The van der Waals surface area contributed by atoms with Gasteiger partial charge in [-0.2, -0.15) is 5.10 Å². The molecule has 0 radical (unpaired) electrons. The molecule has 0 spiro atoms. The van der Waals surface area contributed by atoms with Crippen molar-refractivity contribution >= 4 is 5.91 Å². The highest BCUT2D eigenvalue weighted by Crippen LogP contribution is 2.39. The molecule has 4 rings (SSSR count). The number of rotatable bonds is 5. The van der Waals surface area contributed by atoms with Gasteiger partial charge in [-0.15, -0.1) is 0 Å². The van der Waals surface area contributed by atoms with E-state index in [1.54, 1.807) is 17.1 Å². The van der Waals surface area contributed by atoms with E-state index in [-0.39, 0.29) is 11.9 Å². The zero-order valence-electron chi connectivity index (χ0n) is 14.1. The van der Waals surface area contributed by atoms with Crippen molar-refractivity contribution in [3.8, 4) is 5.69 Å². The number of hydrogen-bond acceptors (Lipinski definition) is 3. The summed E-state index contributed by atoms with van der Waals surface area (Å²) < 4.78 is 1.75. The van der Waals surface area contributed by atoms with Crippen LogP contribution in [0.15, 0.2) is 60.9 Å². The molecule has 1 aromatic carbocycles. The Bertz CT molecular complexity index is 869. The first-order valence-electron chi connectivity index (χ1n) is 8.58. The number of benzene rings is 1. The molecule has 0 aliphatic heterocycles. The SMILES string of the molecule is CC(NC(=O)c1cc(C2CC2)nn1-c1ccccc1)c1ccncc1. The number of hydrogen-bond donors (Lipinski definition) is 1. The minimum atomic E-state index is -0.118. The molecular formula is C20H20N4O. The van der Waals surface area contributed by atoms with Crippen molar-refractivity contribution in [3.63, 3.8) is 0 Å². The molecule has 5 heteroatoms. The van der Waals surface area contributed by atoms with Crippen molar-refractivity contribution in [2.45, 2.75) is 31.7 Å². The fraction of sp³-hybridized carbons (Fsp3) is 0.250. The van der Waals surface area contributed by atoms with Crippen LogP contribution < -0.4 is 5.32 Å². The van der Waals surface area contributed by atoms with Gasteiger partial charge < -0.3 is 5.32 Å². The van der Waals surface area contributed by atoms with E-state index in [9.17, 15) is 4.79 Å². The van der Waals surface area contributed by atoms with E-state index >= 15 is 0 Å². The maximum Gasteiger partial charge on any atom is 0.270 e. The van der Waals surface area contributed by atoms with Gasteiger partial charge in [0.25, 0.3) is 5.91 Å². The first-order chi connectivity index (χ1) is 12.2. The molecule has 1 aliphatic rings. The van der Waals surface area contributed by atoms with Crippen molar-refractivity contribution in [1.29, 1.82) is 0 Å². The number of carbonyl (C=O) groups excluding carboxylic acids is 1. The maximum absolute atomic E-state index is 12.9. The van der Waals surface area contributed by atoms with Gasteiger partial charge in [0.15, 0.2) is 0 Å². The van der Waals surface area contributed by atoms with E-state index in [1.165, 1.54) is 0 Å². The molecule has 1 atom stereocenters. The van der Waals surface area contributed by atoms with Crippen LogP contribution >= 0.6 is 0 Å². The summed E-state index contributed by atoms with van der Waals surface area (Å²) in [6.45, 7) is 1.97. The van der Waals surface area contributed by atoms with E-state index in [0.717, 1.165) is 29.8 Å². The van der Waals surface area contributed by atoms with Crippen molar-refractivity contribution in [2.75, 3.05) is 0 Å². The highest BCUT2D eigenvalue weighted by Gasteiger charge is 2.29. The van der Waals surface area contributed by atoms with Gasteiger partial charge in [0.1, 0.15) is 5.69 Å². The topological polar surface area (TPSA) is 59.8 Å². The van der Waals surface area contributed by atoms with E-state index in [4.69, 9.17) is 0 Å². The quantitative estimate of drug-likeness (QED) is 0.776. The molecule has 3 aromatic rings. The van der Waals surface area contributed by atoms with Gasteiger partial charge in [-0.1, -0.05) is 18.2 Å². The van der Waals surface area contributed by atoms with E-state index < -0.39 is 0 Å². The van der Waals surface area contributed by atoms with Crippen molar-refractivity contribution in [2.24, 2.45) is 0 Å². The molecule has 2 heterocycles. The summed E-state index contributed by atoms with van der Waals surface area (Å²) in [4.78, 5) is 16.9. The molecule has 5 nitrogen and oxygen atoms in total. The third-order valence-corrected chi connectivity index (χ3v) is 4.51. The minimum Gasteiger partial charge on any atom is -0.344 e. The molecule has 1 unspecified atom stereocenters. The molecule has 126 valence electrons. The van der Waals surface area contributed by atoms with E-state index in [2.05, 4.69) is 15.4 Å². The number of nitrogens with zero attached hydrogens (tertiary/aromatic N) is 3. The van der Waals surface area contributed by atoms with Crippen LogP contribution in [0.1, 0.15) is 53.5 Å². The first kappa shape index (κ1) is 15.6. The number of para-hydroxylation sites is 1. The second kappa shape index (κ2) is 6.51. The van der Waals surface area contributed by atoms with Crippen LogP contribution in [-0.4, -0.2) is 20.7 Å². The summed E-state index contributed by atoms with van der Waals surface area (Å²) >= 11 is 0. The molecule has 25 heavy (non-hydrogen) atoms. The van der Waals surface area contributed by atoms with Crippen LogP contribution in [0.5, 0.6) is 0 Å². The lowest BCUT2D eigenvalue weighted by Gasteiger charge is -2.14. The van der Waals surface area contributed by atoms with Crippen molar-refractivity contribution < 1.29 is 4.79 Å². The average molecular weight is 332 g/mol. The number of aromatic nitrogens is 3. The van der Waals surface area contributed by atoms with Gasteiger partial charge >= 0.3 is 0 Å². The monoisotopic (exact) mass is 332 g/mol. The Balaban J connectivity index is 1.63. The van der Waals surface area contributed by atoms with Crippen molar-refractivity contribution in [3.05, 3.63) is 77.9 Å². The lowest BCUT2D eigenvalue weighted by Crippen LogP contribution is -2.28. The van der Waals surface area contributed by atoms with Crippen LogP contribution in [0, 0.1) is 0 Å². The summed E-state index contributed by atoms with van der Waals surface area (Å²) in [6, 6.07) is 15.5. The van der Waals surface area contributed by atoms with Gasteiger partial charge in [0, 0.05) is 18.3 Å². The summed E-state index contributed by atoms with van der Waals surface area (Å²) in [6.07, 6.45) is 5.77. The zero-order valence-corrected chi connectivity index (χ0v) is 14.1. The third kappa shape index (κ3) is 3.31.